The second kappa shape index (κ2) is 11.1. The summed E-state index contributed by atoms with van der Waals surface area (Å²) in [6.07, 6.45) is 4.88. The Kier molecular flexibility index (Phi) is 10.2. The molecule has 0 spiro atoms. The number of halogens is 4. The van der Waals surface area contributed by atoms with Crippen LogP contribution in [0.4, 0.5) is 8.78 Å². The van der Waals surface area contributed by atoms with E-state index < -0.39 is 5.92 Å². The maximum absolute atomic E-state index is 13.7. The van der Waals surface area contributed by atoms with E-state index in [9.17, 15) is 13.6 Å². The van der Waals surface area contributed by atoms with Crippen molar-refractivity contribution < 1.29 is 23.0 Å². The van der Waals surface area contributed by atoms with Crippen LogP contribution in [-0.4, -0.2) is 66.9 Å². The molecule has 3 rings (SSSR count). The fraction of sp³-hybridized carbons (Fsp3) is 0.944. The molecule has 0 radical (unpaired) electrons. The van der Waals surface area contributed by atoms with Gasteiger partial charge in [0.05, 0.1) is 25.2 Å². The Morgan fingerprint density at radius 1 is 1.07 bits per heavy atom. The van der Waals surface area contributed by atoms with Crippen molar-refractivity contribution in [1.82, 2.24) is 9.80 Å². The number of rotatable bonds is 6. The molecule has 0 N–H and O–H groups in total. The first-order chi connectivity index (χ1) is 12.0. The van der Waals surface area contributed by atoms with Crippen LogP contribution in [0.1, 0.15) is 51.9 Å². The van der Waals surface area contributed by atoms with Gasteiger partial charge in [-0.25, -0.2) is 8.78 Å². The van der Waals surface area contributed by atoms with Crippen molar-refractivity contribution in [1.29, 1.82) is 0 Å². The van der Waals surface area contributed by atoms with Crippen LogP contribution in [-0.2, 0) is 14.3 Å². The predicted molar refractivity (Wildman–Crippen MR) is 104 cm³/mol. The fourth-order valence-electron chi connectivity index (χ4n) is 4.18. The zero-order valence-electron chi connectivity index (χ0n) is 15.9. The molecule has 9 heteroatoms. The van der Waals surface area contributed by atoms with E-state index in [0.717, 1.165) is 51.6 Å². The van der Waals surface area contributed by atoms with E-state index in [1.807, 2.05) is 6.92 Å². The summed E-state index contributed by atoms with van der Waals surface area (Å²) in [6.45, 7) is 4.21. The van der Waals surface area contributed by atoms with Crippen molar-refractivity contribution in [3.05, 3.63) is 0 Å². The summed E-state index contributed by atoms with van der Waals surface area (Å²) in [7, 11) is 0. The molecule has 5 nitrogen and oxygen atoms in total. The zero-order chi connectivity index (χ0) is 17.9. The minimum Gasteiger partial charge on any atom is -0.466 e. The summed E-state index contributed by atoms with van der Waals surface area (Å²) in [4.78, 5) is 15.8. The van der Waals surface area contributed by atoms with E-state index in [2.05, 4.69) is 4.90 Å². The summed E-state index contributed by atoms with van der Waals surface area (Å²) in [6, 6.07) is 0. The first-order valence-corrected chi connectivity index (χ1v) is 9.66. The molecule has 0 aromatic carbocycles. The van der Waals surface area contributed by atoms with Crippen molar-refractivity contribution in [2.45, 2.75) is 70.2 Å². The molecule has 0 aromatic rings. The van der Waals surface area contributed by atoms with Crippen molar-refractivity contribution >= 4 is 30.8 Å². The first-order valence-electron chi connectivity index (χ1n) is 9.66. The van der Waals surface area contributed by atoms with Crippen LogP contribution in [0, 0.1) is 5.92 Å². The summed E-state index contributed by atoms with van der Waals surface area (Å²) in [5.41, 5.74) is 0. The molecule has 1 aliphatic carbocycles. The topological polar surface area (TPSA) is 42.0 Å². The van der Waals surface area contributed by atoms with Gasteiger partial charge in [0.15, 0.2) is 6.35 Å². The van der Waals surface area contributed by atoms with E-state index in [0.29, 0.717) is 13.2 Å². The third-order valence-electron chi connectivity index (χ3n) is 5.57. The van der Waals surface area contributed by atoms with Gasteiger partial charge in [0.1, 0.15) is 0 Å². The number of esters is 1. The molecule has 1 saturated carbocycles. The average molecular weight is 433 g/mol. The largest absolute Gasteiger partial charge is 0.466 e. The molecule has 3 fully saturated rings. The first kappa shape index (κ1) is 24.8. The van der Waals surface area contributed by atoms with Crippen molar-refractivity contribution in [2.75, 3.05) is 32.8 Å². The molecule has 2 aliphatic heterocycles. The molecule has 3 aliphatic rings. The lowest BCUT2D eigenvalue weighted by Gasteiger charge is -2.38. The van der Waals surface area contributed by atoms with Crippen LogP contribution in [0.2, 0.25) is 0 Å². The minimum atomic E-state index is -2.61. The van der Waals surface area contributed by atoms with E-state index in [1.165, 1.54) is 0 Å². The molecule has 2 saturated heterocycles. The smallest absolute Gasteiger partial charge is 0.308 e. The highest BCUT2D eigenvalue weighted by Crippen LogP contribution is 2.33. The maximum Gasteiger partial charge on any atom is 0.308 e. The zero-order valence-corrected chi connectivity index (χ0v) is 17.5. The van der Waals surface area contributed by atoms with Crippen molar-refractivity contribution in [3.8, 4) is 0 Å². The Morgan fingerprint density at radius 2 is 1.70 bits per heavy atom. The number of carbonyl (C=O) groups is 1. The van der Waals surface area contributed by atoms with E-state index in [-0.39, 0.29) is 62.1 Å². The fourth-order valence-corrected chi connectivity index (χ4v) is 4.18. The molecule has 0 aromatic heterocycles. The molecule has 160 valence electrons. The van der Waals surface area contributed by atoms with Gasteiger partial charge in [-0.05, 0) is 45.4 Å². The lowest BCUT2D eigenvalue weighted by Crippen LogP contribution is -2.50. The SMILES string of the molecule is CCOC(=O)[C@H]1CC[C@H](OC(N2CCCC2)N2CCC(F)(F)C2)CC1.Cl.Cl. The number of hydrogen-bond acceptors (Lipinski definition) is 5. The molecule has 0 bridgehead atoms. The number of nitrogens with zero attached hydrogens (tertiary/aromatic N) is 2. The molecule has 27 heavy (non-hydrogen) atoms. The van der Waals surface area contributed by atoms with Crippen molar-refractivity contribution in [2.24, 2.45) is 5.92 Å². The highest BCUT2D eigenvalue weighted by Gasteiger charge is 2.44. The normalized spacial score (nSPS) is 29.6. The third-order valence-corrected chi connectivity index (χ3v) is 5.57. The van der Waals surface area contributed by atoms with Gasteiger partial charge in [-0.3, -0.25) is 14.6 Å². The lowest BCUT2D eigenvalue weighted by atomic mass is 9.87. The number of carbonyl (C=O) groups excluding carboxylic acids is 1. The Balaban J connectivity index is 0.00000182. The maximum atomic E-state index is 13.7. The van der Waals surface area contributed by atoms with Gasteiger partial charge < -0.3 is 9.47 Å². The van der Waals surface area contributed by atoms with Crippen molar-refractivity contribution in [3.63, 3.8) is 0 Å². The third kappa shape index (κ3) is 6.67. The van der Waals surface area contributed by atoms with Gasteiger partial charge in [0.25, 0.3) is 5.92 Å². The Bertz CT molecular complexity index is 460. The van der Waals surface area contributed by atoms with Gasteiger partial charge >= 0.3 is 5.97 Å². The predicted octanol–water partition coefficient (Wildman–Crippen LogP) is 3.69. The van der Waals surface area contributed by atoms with Crippen LogP contribution in [0.5, 0.6) is 0 Å². The lowest BCUT2D eigenvalue weighted by molar-refractivity contribution is -0.184. The second-order valence-electron chi connectivity index (χ2n) is 7.51. The molecular weight excluding hydrogens is 401 g/mol. The number of hydrogen-bond donors (Lipinski definition) is 0. The van der Waals surface area contributed by atoms with Gasteiger partial charge in [-0.2, -0.15) is 0 Å². The van der Waals surface area contributed by atoms with Gasteiger partial charge in [0.2, 0.25) is 0 Å². The van der Waals surface area contributed by atoms with Gasteiger partial charge in [0, 0.05) is 26.1 Å². The van der Waals surface area contributed by atoms with E-state index in [4.69, 9.17) is 9.47 Å². The second-order valence-corrected chi connectivity index (χ2v) is 7.51. The number of ether oxygens (including phenoxy) is 2. The Morgan fingerprint density at radius 3 is 2.22 bits per heavy atom. The van der Waals surface area contributed by atoms with Crippen LogP contribution >= 0.6 is 24.8 Å². The number of alkyl halides is 2. The minimum absolute atomic E-state index is 0. The van der Waals surface area contributed by atoms with E-state index >= 15 is 0 Å². The number of likely N-dealkylation sites (tertiary alicyclic amines) is 2. The van der Waals surface area contributed by atoms with Gasteiger partial charge in [-0.1, -0.05) is 0 Å². The van der Waals surface area contributed by atoms with Crippen LogP contribution in [0.25, 0.3) is 0 Å². The monoisotopic (exact) mass is 432 g/mol. The Hall–Kier alpha value is -0.210. The standard InChI is InChI=1S/C18H30F2N2O3.2ClH/c1-2-24-16(23)14-5-7-15(8-6-14)25-17(21-10-3-4-11-21)22-12-9-18(19,20)13-22;;/h14-15,17H,2-13H2,1H3;2*1H/t14-,15-,17?;;. The highest BCUT2D eigenvalue weighted by atomic mass is 35.5. The van der Waals surface area contributed by atoms with Crippen LogP contribution < -0.4 is 0 Å². The van der Waals surface area contributed by atoms with Gasteiger partial charge in [-0.15, -0.1) is 24.8 Å². The molecule has 1 atom stereocenters. The summed E-state index contributed by atoms with van der Waals surface area (Å²) < 4.78 is 38.7. The van der Waals surface area contributed by atoms with Crippen LogP contribution in [0.3, 0.4) is 0 Å². The summed E-state index contributed by atoms with van der Waals surface area (Å²) in [5.74, 6) is -2.76. The molecule has 2 heterocycles. The van der Waals surface area contributed by atoms with E-state index in [1.54, 1.807) is 4.90 Å². The summed E-state index contributed by atoms with van der Waals surface area (Å²) in [5, 5.41) is 0. The van der Waals surface area contributed by atoms with Crippen LogP contribution in [0.15, 0.2) is 0 Å². The average Bonchev–Trinajstić information content (AvgIpc) is 3.23. The Labute approximate surface area is 172 Å². The molecule has 0 amide bonds. The molecular formula is C18H32Cl2F2N2O3. The summed E-state index contributed by atoms with van der Waals surface area (Å²) >= 11 is 0. The molecule has 1 unspecified atom stereocenters. The quantitative estimate of drug-likeness (QED) is 0.598. The highest BCUT2D eigenvalue weighted by molar-refractivity contribution is 5.85.